The van der Waals surface area contributed by atoms with E-state index in [1.165, 1.54) is 58.2 Å². The molecular weight excluding hydrogens is 749 g/mol. The van der Waals surface area contributed by atoms with Crippen molar-refractivity contribution >= 4 is 80.9 Å². The largest absolute Gasteiger partial charge is 0.310 e. The second-order valence-electron chi connectivity index (χ2n) is 15.2. The van der Waals surface area contributed by atoms with E-state index in [0.29, 0.717) is 17.5 Å². The van der Waals surface area contributed by atoms with Crippen molar-refractivity contribution in [2.24, 2.45) is 0 Å². The first-order chi connectivity index (χ1) is 29.7. The van der Waals surface area contributed by atoms with E-state index in [2.05, 4.69) is 175 Å². The minimum atomic E-state index is 0.657. The molecule has 0 amide bonds. The van der Waals surface area contributed by atoms with Gasteiger partial charge in [0.25, 0.3) is 0 Å². The van der Waals surface area contributed by atoms with Crippen LogP contribution in [0.5, 0.6) is 0 Å². The first kappa shape index (κ1) is 34.3. The summed E-state index contributed by atoms with van der Waals surface area (Å²) in [4.78, 5) is 17.5. The van der Waals surface area contributed by atoms with Gasteiger partial charge in [0, 0.05) is 53.9 Å². The minimum absolute atomic E-state index is 0.657. The Bertz CT molecular complexity index is 3430. The molecule has 4 nitrogen and oxygen atoms in total. The SMILES string of the molecule is c1ccc(-c2nc(-c3ccccc3)nc(-c3ccc4ccc5c(-c6ccc7c(c6)sc6cc(N(c8ccccc8)c8ccccc8)ccc67)ccc6ccc3c4c65)n2)cc1. The van der Waals surface area contributed by atoms with Crippen LogP contribution in [0.15, 0.2) is 206 Å². The van der Waals surface area contributed by atoms with Crippen molar-refractivity contribution in [2.75, 3.05) is 4.90 Å². The van der Waals surface area contributed by atoms with Crippen LogP contribution in [0.3, 0.4) is 0 Å². The Morgan fingerprint density at radius 3 is 1.35 bits per heavy atom. The van der Waals surface area contributed by atoms with Crippen LogP contribution in [0.25, 0.3) is 97.8 Å². The summed E-state index contributed by atoms with van der Waals surface area (Å²) in [5.74, 6) is 1.98. The van der Waals surface area contributed by atoms with Gasteiger partial charge in [-0.05, 0) is 92.0 Å². The molecule has 2 heterocycles. The summed E-state index contributed by atoms with van der Waals surface area (Å²) in [7, 11) is 0. The molecule has 0 spiro atoms. The van der Waals surface area contributed by atoms with Crippen molar-refractivity contribution in [2.45, 2.75) is 0 Å². The first-order valence-corrected chi connectivity index (χ1v) is 21.0. The number of fused-ring (bicyclic) bond motifs is 3. The Hall–Kier alpha value is -7.73. The Morgan fingerprint density at radius 1 is 0.317 bits per heavy atom. The van der Waals surface area contributed by atoms with Crippen molar-refractivity contribution < 1.29 is 0 Å². The van der Waals surface area contributed by atoms with Crippen LogP contribution in [0.4, 0.5) is 17.1 Å². The molecule has 60 heavy (non-hydrogen) atoms. The van der Waals surface area contributed by atoms with Crippen LogP contribution >= 0.6 is 11.3 Å². The van der Waals surface area contributed by atoms with Crippen molar-refractivity contribution in [1.29, 1.82) is 0 Å². The fourth-order valence-corrected chi connectivity index (χ4v) is 10.0. The monoisotopic (exact) mass is 782 g/mol. The number of aromatic nitrogens is 3. The lowest BCUT2D eigenvalue weighted by molar-refractivity contribution is 1.08. The number of para-hydroxylation sites is 2. The molecule has 0 saturated heterocycles. The molecule has 0 aliphatic heterocycles. The second-order valence-corrected chi connectivity index (χ2v) is 16.3. The van der Waals surface area contributed by atoms with E-state index < -0.39 is 0 Å². The molecule has 0 fully saturated rings. The molecule has 10 aromatic carbocycles. The van der Waals surface area contributed by atoms with Gasteiger partial charge < -0.3 is 4.90 Å². The predicted molar refractivity (Wildman–Crippen MR) is 253 cm³/mol. The Kier molecular flexibility index (Phi) is 8.00. The van der Waals surface area contributed by atoms with Gasteiger partial charge in [0.05, 0.1) is 0 Å². The zero-order chi connectivity index (χ0) is 39.6. The quantitative estimate of drug-likeness (QED) is 0.151. The lowest BCUT2D eigenvalue weighted by Crippen LogP contribution is -2.09. The van der Waals surface area contributed by atoms with E-state index in [1.807, 2.05) is 47.7 Å². The Balaban J connectivity index is 0.991. The maximum absolute atomic E-state index is 5.12. The minimum Gasteiger partial charge on any atom is -0.310 e. The van der Waals surface area contributed by atoms with Gasteiger partial charge in [-0.15, -0.1) is 11.3 Å². The highest BCUT2D eigenvalue weighted by Gasteiger charge is 2.19. The van der Waals surface area contributed by atoms with E-state index in [-0.39, 0.29) is 0 Å². The van der Waals surface area contributed by atoms with Gasteiger partial charge in [-0.2, -0.15) is 0 Å². The Labute approximate surface area is 350 Å². The molecule has 0 unspecified atom stereocenters. The molecular formula is C55H34N4S. The Morgan fingerprint density at radius 2 is 0.767 bits per heavy atom. The smallest absolute Gasteiger partial charge is 0.164 e. The third-order valence-electron chi connectivity index (χ3n) is 11.7. The van der Waals surface area contributed by atoms with Gasteiger partial charge in [-0.3, -0.25) is 0 Å². The molecule has 0 N–H and O–H groups in total. The average molecular weight is 783 g/mol. The molecule has 0 radical (unpaired) electrons. The van der Waals surface area contributed by atoms with Crippen LogP contribution in [0.1, 0.15) is 0 Å². The summed E-state index contributed by atoms with van der Waals surface area (Å²) in [6, 6.07) is 73.4. The van der Waals surface area contributed by atoms with Crippen LogP contribution in [-0.2, 0) is 0 Å². The zero-order valence-corrected chi connectivity index (χ0v) is 33.1. The molecule has 0 saturated carbocycles. The number of rotatable bonds is 7. The molecule has 2 aromatic heterocycles. The fourth-order valence-electron chi connectivity index (χ4n) is 8.85. The maximum atomic E-state index is 5.12. The van der Waals surface area contributed by atoms with Gasteiger partial charge in [-0.25, -0.2) is 15.0 Å². The topological polar surface area (TPSA) is 41.9 Å². The van der Waals surface area contributed by atoms with Gasteiger partial charge in [0.2, 0.25) is 0 Å². The van der Waals surface area contributed by atoms with Crippen molar-refractivity contribution in [3.05, 3.63) is 206 Å². The van der Waals surface area contributed by atoms with E-state index >= 15 is 0 Å². The van der Waals surface area contributed by atoms with E-state index in [4.69, 9.17) is 15.0 Å². The summed E-state index contributed by atoms with van der Waals surface area (Å²) in [6.45, 7) is 0. The summed E-state index contributed by atoms with van der Waals surface area (Å²) in [5.41, 5.74) is 8.74. The summed E-state index contributed by atoms with van der Waals surface area (Å²) in [6.07, 6.45) is 0. The average Bonchev–Trinajstić information content (AvgIpc) is 3.69. The highest BCUT2D eigenvalue weighted by Crippen LogP contribution is 2.45. The van der Waals surface area contributed by atoms with Crippen LogP contribution in [0, 0.1) is 0 Å². The van der Waals surface area contributed by atoms with Crippen molar-refractivity contribution in [3.63, 3.8) is 0 Å². The zero-order valence-electron chi connectivity index (χ0n) is 32.3. The molecule has 5 heteroatoms. The van der Waals surface area contributed by atoms with E-state index in [9.17, 15) is 0 Å². The van der Waals surface area contributed by atoms with Gasteiger partial charge >= 0.3 is 0 Å². The lowest BCUT2D eigenvalue weighted by Gasteiger charge is -2.25. The third kappa shape index (κ3) is 5.70. The van der Waals surface area contributed by atoms with Crippen LogP contribution in [0.2, 0.25) is 0 Å². The number of hydrogen-bond acceptors (Lipinski definition) is 5. The number of thiophene rings is 1. The van der Waals surface area contributed by atoms with Gasteiger partial charge in [-0.1, -0.05) is 158 Å². The second kappa shape index (κ2) is 14.0. The molecule has 12 aromatic rings. The normalized spacial score (nSPS) is 11.7. The summed E-state index contributed by atoms with van der Waals surface area (Å²) in [5, 5.41) is 9.81. The number of benzene rings is 10. The standard InChI is InChI=1S/C55H34N4S/c1-5-13-37(14-6-1)53-56-54(38-15-7-2-8-16-38)58-55(57-53)48-31-24-36-22-29-46-43(27-21-35-23-30-47(48)52(36)51(35)46)39-25-28-44-45-32-26-42(34-50(45)60-49(44)33-39)59(40-17-9-3-10-18-40)41-19-11-4-12-20-41/h1-34H. The van der Waals surface area contributed by atoms with Gasteiger partial charge in [0.1, 0.15) is 0 Å². The fraction of sp³-hybridized carbons (Fsp3) is 0. The number of hydrogen-bond donors (Lipinski definition) is 0. The van der Waals surface area contributed by atoms with E-state index in [0.717, 1.165) is 39.1 Å². The summed E-state index contributed by atoms with van der Waals surface area (Å²) < 4.78 is 2.54. The van der Waals surface area contributed by atoms with Crippen LogP contribution in [-0.4, -0.2) is 15.0 Å². The lowest BCUT2D eigenvalue weighted by atomic mass is 9.88. The molecule has 0 atom stereocenters. The molecule has 12 rings (SSSR count). The highest BCUT2D eigenvalue weighted by atomic mass is 32.1. The predicted octanol–water partition coefficient (Wildman–Crippen LogP) is 15.3. The summed E-state index contributed by atoms with van der Waals surface area (Å²) >= 11 is 1.86. The molecule has 280 valence electrons. The van der Waals surface area contributed by atoms with Crippen LogP contribution < -0.4 is 4.90 Å². The number of nitrogens with zero attached hydrogens (tertiary/aromatic N) is 4. The van der Waals surface area contributed by atoms with Crippen molar-refractivity contribution in [3.8, 4) is 45.3 Å². The molecule has 0 aliphatic rings. The van der Waals surface area contributed by atoms with E-state index in [1.54, 1.807) is 0 Å². The van der Waals surface area contributed by atoms with Gasteiger partial charge in [0.15, 0.2) is 17.5 Å². The molecule has 0 aliphatic carbocycles. The molecule has 0 bridgehead atoms. The highest BCUT2D eigenvalue weighted by molar-refractivity contribution is 7.25. The first-order valence-electron chi connectivity index (χ1n) is 20.2. The number of anilines is 3. The van der Waals surface area contributed by atoms with Crippen molar-refractivity contribution in [1.82, 2.24) is 15.0 Å². The third-order valence-corrected chi connectivity index (χ3v) is 12.8. The maximum Gasteiger partial charge on any atom is 0.164 e.